The number of anilines is 1. The van der Waals surface area contributed by atoms with Gasteiger partial charge in [-0.3, -0.25) is 9.89 Å². The lowest BCUT2D eigenvalue weighted by Crippen LogP contribution is -2.12. The third-order valence-electron chi connectivity index (χ3n) is 2.46. The van der Waals surface area contributed by atoms with E-state index in [1.807, 2.05) is 6.07 Å². The molecular formula is C12H9N5O. The van der Waals surface area contributed by atoms with Crippen molar-refractivity contribution in [1.29, 1.82) is 0 Å². The zero-order valence-electron chi connectivity index (χ0n) is 9.29. The maximum atomic E-state index is 11.9. The van der Waals surface area contributed by atoms with Gasteiger partial charge in [-0.25, -0.2) is 9.97 Å². The summed E-state index contributed by atoms with van der Waals surface area (Å²) in [5, 5.41) is 9.38. The first-order valence-electron chi connectivity index (χ1n) is 5.36. The number of nitrogens with zero attached hydrogens (tertiary/aromatic N) is 3. The third kappa shape index (κ3) is 1.80. The molecule has 3 aromatic rings. The number of fused-ring (bicyclic) bond motifs is 1. The summed E-state index contributed by atoms with van der Waals surface area (Å²) >= 11 is 0. The van der Waals surface area contributed by atoms with Gasteiger partial charge in [-0.2, -0.15) is 5.10 Å². The van der Waals surface area contributed by atoms with Crippen molar-refractivity contribution in [3.05, 3.63) is 48.3 Å². The largest absolute Gasteiger partial charge is 0.305 e. The second kappa shape index (κ2) is 4.25. The van der Waals surface area contributed by atoms with Gasteiger partial charge in [0, 0.05) is 18.0 Å². The van der Waals surface area contributed by atoms with Crippen molar-refractivity contribution in [2.45, 2.75) is 0 Å². The molecule has 0 saturated heterocycles. The first-order chi connectivity index (χ1) is 8.84. The van der Waals surface area contributed by atoms with Crippen molar-refractivity contribution in [2.75, 3.05) is 5.32 Å². The Bertz CT molecular complexity index is 692. The van der Waals surface area contributed by atoms with E-state index in [-0.39, 0.29) is 5.91 Å². The fourth-order valence-corrected chi connectivity index (χ4v) is 1.61. The number of amides is 1. The van der Waals surface area contributed by atoms with Crippen LogP contribution in [0.2, 0.25) is 0 Å². The Hall–Kier alpha value is -2.76. The summed E-state index contributed by atoms with van der Waals surface area (Å²) in [7, 11) is 0. The molecule has 3 rings (SSSR count). The topological polar surface area (TPSA) is 83.6 Å². The van der Waals surface area contributed by atoms with Crippen molar-refractivity contribution in [3.63, 3.8) is 0 Å². The molecule has 2 aromatic heterocycles. The van der Waals surface area contributed by atoms with E-state index in [4.69, 9.17) is 0 Å². The maximum absolute atomic E-state index is 11.9. The molecule has 6 heteroatoms. The van der Waals surface area contributed by atoms with Crippen LogP contribution in [0, 0.1) is 0 Å². The molecule has 0 aliphatic rings. The van der Waals surface area contributed by atoms with Gasteiger partial charge in [0.2, 0.25) is 5.65 Å². The van der Waals surface area contributed by atoms with Crippen LogP contribution in [-0.2, 0) is 0 Å². The van der Waals surface area contributed by atoms with E-state index in [9.17, 15) is 4.79 Å². The fraction of sp³-hybridized carbons (Fsp3) is 0. The number of rotatable bonds is 2. The standard InChI is InChI=1S/C12H9N5O/c18-12(8-4-2-1-3-5-8)15-11-9-10(16-17-11)14-7-6-13-9/h1-7H,(H2,14,15,16,17,18). The molecule has 0 atom stereocenters. The first-order valence-corrected chi connectivity index (χ1v) is 5.36. The van der Waals surface area contributed by atoms with Crippen LogP contribution in [0.3, 0.4) is 0 Å². The van der Waals surface area contributed by atoms with Crippen LogP contribution >= 0.6 is 0 Å². The summed E-state index contributed by atoms with van der Waals surface area (Å²) in [6.45, 7) is 0. The van der Waals surface area contributed by atoms with Gasteiger partial charge in [0.05, 0.1) is 0 Å². The van der Waals surface area contributed by atoms with Gasteiger partial charge in [-0.15, -0.1) is 0 Å². The molecule has 0 unspecified atom stereocenters. The Labute approximate surface area is 102 Å². The fourth-order valence-electron chi connectivity index (χ4n) is 1.61. The van der Waals surface area contributed by atoms with Crippen LogP contribution in [0.25, 0.3) is 11.2 Å². The van der Waals surface area contributed by atoms with E-state index < -0.39 is 0 Å². The van der Waals surface area contributed by atoms with Crippen LogP contribution in [0.4, 0.5) is 5.82 Å². The van der Waals surface area contributed by atoms with Crippen molar-refractivity contribution in [2.24, 2.45) is 0 Å². The van der Waals surface area contributed by atoms with Crippen LogP contribution in [0.15, 0.2) is 42.7 Å². The van der Waals surface area contributed by atoms with E-state index >= 15 is 0 Å². The zero-order valence-corrected chi connectivity index (χ0v) is 9.29. The molecule has 0 saturated carbocycles. The molecule has 1 aromatic carbocycles. The summed E-state index contributed by atoms with van der Waals surface area (Å²) in [6.07, 6.45) is 3.10. The van der Waals surface area contributed by atoms with E-state index in [1.165, 1.54) is 0 Å². The number of carbonyl (C=O) groups excluding carboxylic acids is 1. The van der Waals surface area contributed by atoms with Gasteiger partial charge in [-0.05, 0) is 12.1 Å². The summed E-state index contributed by atoms with van der Waals surface area (Å²) in [5.41, 5.74) is 1.59. The number of carbonyl (C=O) groups is 1. The molecular weight excluding hydrogens is 230 g/mol. The smallest absolute Gasteiger partial charge is 0.256 e. The number of H-pyrrole nitrogens is 1. The number of hydrogen-bond acceptors (Lipinski definition) is 4. The molecule has 1 amide bonds. The lowest BCUT2D eigenvalue weighted by molar-refractivity contribution is 0.102. The highest BCUT2D eigenvalue weighted by molar-refractivity contribution is 6.06. The second-order valence-corrected chi connectivity index (χ2v) is 3.65. The minimum Gasteiger partial charge on any atom is -0.305 e. The lowest BCUT2D eigenvalue weighted by Gasteiger charge is -2.01. The molecule has 88 valence electrons. The average molecular weight is 239 g/mol. The molecule has 0 aliphatic heterocycles. The summed E-state index contributed by atoms with van der Waals surface area (Å²) in [4.78, 5) is 20.1. The predicted octanol–water partition coefficient (Wildman–Crippen LogP) is 1.61. The molecule has 0 spiro atoms. The van der Waals surface area contributed by atoms with E-state index in [0.29, 0.717) is 22.5 Å². The molecule has 2 heterocycles. The number of nitrogens with one attached hydrogen (secondary N) is 2. The maximum Gasteiger partial charge on any atom is 0.256 e. The second-order valence-electron chi connectivity index (χ2n) is 3.65. The zero-order chi connectivity index (χ0) is 12.4. The molecule has 2 N–H and O–H groups in total. The Morgan fingerprint density at radius 1 is 1.11 bits per heavy atom. The van der Waals surface area contributed by atoms with Gasteiger partial charge >= 0.3 is 0 Å². The quantitative estimate of drug-likeness (QED) is 0.711. The van der Waals surface area contributed by atoms with E-state index in [2.05, 4.69) is 25.5 Å². The van der Waals surface area contributed by atoms with Crippen LogP contribution in [0.1, 0.15) is 10.4 Å². The average Bonchev–Trinajstić information content (AvgIpc) is 2.83. The number of hydrogen-bond donors (Lipinski definition) is 2. The van der Waals surface area contributed by atoms with Crippen molar-refractivity contribution >= 4 is 22.9 Å². The Morgan fingerprint density at radius 2 is 1.89 bits per heavy atom. The third-order valence-corrected chi connectivity index (χ3v) is 2.46. The summed E-state index contributed by atoms with van der Waals surface area (Å²) < 4.78 is 0. The highest BCUT2D eigenvalue weighted by Gasteiger charge is 2.11. The molecule has 0 fully saturated rings. The van der Waals surface area contributed by atoms with E-state index in [1.54, 1.807) is 36.7 Å². The number of aromatic amines is 1. The Balaban J connectivity index is 1.91. The first kappa shape index (κ1) is 10.4. The van der Waals surface area contributed by atoms with Crippen LogP contribution in [-0.4, -0.2) is 26.1 Å². The van der Waals surface area contributed by atoms with Gasteiger partial charge in [0.25, 0.3) is 5.91 Å². The molecule has 6 nitrogen and oxygen atoms in total. The highest BCUT2D eigenvalue weighted by atomic mass is 16.1. The molecule has 0 aliphatic carbocycles. The number of aromatic nitrogens is 4. The van der Waals surface area contributed by atoms with Gasteiger partial charge < -0.3 is 5.32 Å². The molecule has 0 radical (unpaired) electrons. The summed E-state index contributed by atoms with van der Waals surface area (Å²) in [5.74, 6) is 0.235. The van der Waals surface area contributed by atoms with Crippen molar-refractivity contribution < 1.29 is 4.79 Å². The monoisotopic (exact) mass is 239 g/mol. The summed E-state index contributed by atoms with van der Waals surface area (Å²) in [6, 6.07) is 8.94. The Kier molecular flexibility index (Phi) is 2.45. The molecule has 0 bridgehead atoms. The predicted molar refractivity (Wildman–Crippen MR) is 66.1 cm³/mol. The van der Waals surface area contributed by atoms with Gasteiger partial charge in [0.15, 0.2) is 11.3 Å². The normalized spacial score (nSPS) is 10.4. The van der Waals surface area contributed by atoms with Gasteiger partial charge in [-0.1, -0.05) is 18.2 Å². The van der Waals surface area contributed by atoms with Crippen molar-refractivity contribution in [3.8, 4) is 0 Å². The highest BCUT2D eigenvalue weighted by Crippen LogP contribution is 2.15. The van der Waals surface area contributed by atoms with Gasteiger partial charge in [0.1, 0.15) is 0 Å². The Morgan fingerprint density at radius 3 is 2.72 bits per heavy atom. The van der Waals surface area contributed by atoms with Crippen LogP contribution in [0.5, 0.6) is 0 Å². The SMILES string of the molecule is O=C(Nc1[nH]nc2nccnc12)c1ccccc1. The van der Waals surface area contributed by atoms with E-state index in [0.717, 1.165) is 0 Å². The number of benzene rings is 1. The minimum atomic E-state index is -0.216. The molecule has 18 heavy (non-hydrogen) atoms. The van der Waals surface area contributed by atoms with Crippen LogP contribution < -0.4 is 5.32 Å². The minimum absolute atomic E-state index is 0.216. The lowest BCUT2D eigenvalue weighted by atomic mass is 10.2. The van der Waals surface area contributed by atoms with Crippen molar-refractivity contribution in [1.82, 2.24) is 20.2 Å².